The summed E-state index contributed by atoms with van der Waals surface area (Å²) in [5, 5.41) is 13.5. The summed E-state index contributed by atoms with van der Waals surface area (Å²) in [7, 11) is -1.80. The lowest BCUT2D eigenvalue weighted by Crippen LogP contribution is -2.69. The summed E-state index contributed by atoms with van der Waals surface area (Å²) in [5.74, 6) is 0.869. The highest BCUT2D eigenvalue weighted by Crippen LogP contribution is 2.21. The molecule has 0 aromatic heterocycles. The van der Waals surface area contributed by atoms with Crippen molar-refractivity contribution in [2.24, 2.45) is 0 Å². The van der Waals surface area contributed by atoms with Crippen LogP contribution >= 0.6 is 0 Å². The van der Waals surface area contributed by atoms with Crippen LogP contribution in [0.25, 0.3) is 0 Å². The molecular weight excluding hydrogens is 322 g/mol. The van der Waals surface area contributed by atoms with Crippen molar-refractivity contribution < 1.29 is 9.66 Å². The lowest BCUT2D eigenvalue weighted by atomic mass is 10.3. The van der Waals surface area contributed by atoms with E-state index in [1.165, 1.54) is 10.4 Å². The predicted octanol–water partition coefficient (Wildman–Crippen LogP) is 3.21. The van der Waals surface area contributed by atoms with Crippen LogP contribution in [0.1, 0.15) is 0 Å². The number of nitrogens with zero attached hydrogens (tertiary/aromatic N) is 1. The van der Waals surface area contributed by atoms with E-state index in [4.69, 9.17) is 4.74 Å². The Labute approximate surface area is 139 Å². The van der Waals surface area contributed by atoms with E-state index in [1.54, 1.807) is 19.2 Å². The molecule has 0 atom stereocenters. The molecule has 6 heteroatoms. The Morgan fingerprint density at radius 2 is 1.22 bits per heavy atom. The van der Waals surface area contributed by atoms with Crippen LogP contribution in [-0.2, 0) is 0 Å². The minimum absolute atomic E-state index is 0.155. The summed E-state index contributed by atoms with van der Waals surface area (Å²) in [6.45, 7) is 9.51. The second kappa shape index (κ2) is 6.29. The van der Waals surface area contributed by atoms with Gasteiger partial charge in [0.1, 0.15) is 5.75 Å². The molecule has 0 unspecified atom stereocenters. The van der Waals surface area contributed by atoms with Gasteiger partial charge >= 0.3 is 0 Å². The maximum Gasteiger partial charge on any atom is 0.269 e. The molecule has 122 valence electrons. The largest absolute Gasteiger partial charge is 0.497 e. The maximum absolute atomic E-state index is 10.9. The van der Waals surface area contributed by atoms with Gasteiger partial charge in [-0.2, -0.15) is 0 Å². The van der Waals surface area contributed by atoms with Crippen LogP contribution in [0, 0.1) is 10.1 Å². The first-order valence-corrected chi connectivity index (χ1v) is 14.6. The summed E-state index contributed by atoms with van der Waals surface area (Å²) < 4.78 is 5.25. The van der Waals surface area contributed by atoms with Crippen molar-refractivity contribution in [2.75, 3.05) is 7.11 Å². The molecule has 0 amide bonds. The fourth-order valence-corrected chi connectivity index (χ4v) is 11.5. The molecule has 2 rings (SSSR count). The van der Waals surface area contributed by atoms with Crippen LogP contribution in [0.3, 0.4) is 0 Å². The minimum Gasteiger partial charge on any atom is -0.497 e. The smallest absolute Gasteiger partial charge is 0.269 e. The van der Waals surface area contributed by atoms with E-state index < -0.39 is 15.2 Å². The number of methoxy groups -OCH3 is 1. The molecule has 0 fully saturated rings. The Morgan fingerprint density at radius 1 is 0.826 bits per heavy atom. The SMILES string of the molecule is COc1ccc([Si](C)(C)[Si](C)(C)c2ccc([N+](=O)[O-])cc2)cc1. The summed E-state index contributed by atoms with van der Waals surface area (Å²) in [6.07, 6.45) is 0. The van der Waals surface area contributed by atoms with Crippen molar-refractivity contribution in [3.63, 3.8) is 0 Å². The quantitative estimate of drug-likeness (QED) is 0.475. The molecule has 2 aromatic carbocycles. The molecule has 4 nitrogen and oxygen atoms in total. The van der Waals surface area contributed by atoms with Gasteiger partial charge in [-0.1, -0.05) is 60.8 Å². The molecule has 0 radical (unpaired) electrons. The lowest BCUT2D eigenvalue weighted by molar-refractivity contribution is -0.384. The molecule has 0 bridgehead atoms. The summed E-state index contributed by atoms with van der Waals surface area (Å²) in [5.41, 5.74) is 0.155. The van der Waals surface area contributed by atoms with E-state index in [-0.39, 0.29) is 10.6 Å². The van der Waals surface area contributed by atoms with Gasteiger partial charge in [-0.3, -0.25) is 10.1 Å². The van der Waals surface area contributed by atoms with Gasteiger partial charge in [-0.05, 0) is 12.1 Å². The van der Waals surface area contributed by atoms with Crippen molar-refractivity contribution in [1.29, 1.82) is 0 Å². The topological polar surface area (TPSA) is 52.4 Å². The average molecular weight is 346 g/mol. The number of nitro groups is 1. The first-order valence-electron chi connectivity index (χ1n) is 7.59. The molecule has 0 aliphatic heterocycles. The maximum atomic E-state index is 10.9. The van der Waals surface area contributed by atoms with Crippen molar-refractivity contribution in [2.45, 2.75) is 26.2 Å². The van der Waals surface area contributed by atoms with E-state index in [0.29, 0.717) is 0 Å². The number of hydrogen-bond donors (Lipinski definition) is 0. The Kier molecular flexibility index (Phi) is 4.77. The standard InChI is InChI=1S/C17H23NO3Si2/c1-21-15-8-12-17(13-9-15)23(4,5)22(2,3)16-10-6-14(7-11-16)18(19)20/h6-13H,1-5H3. The number of ether oxygens (including phenoxy) is 1. The first kappa shape index (κ1) is 17.4. The number of non-ortho nitro benzene ring substituents is 1. The van der Waals surface area contributed by atoms with Crippen molar-refractivity contribution in [1.82, 2.24) is 0 Å². The molecule has 0 saturated heterocycles. The molecule has 23 heavy (non-hydrogen) atoms. The van der Waals surface area contributed by atoms with Gasteiger partial charge in [-0.15, -0.1) is 0 Å². The fraction of sp³-hybridized carbons (Fsp3) is 0.294. The van der Waals surface area contributed by atoms with Gasteiger partial charge in [0.15, 0.2) is 0 Å². The third-order valence-electron chi connectivity index (χ3n) is 5.17. The predicted molar refractivity (Wildman–Crippen MR) is 100 cm³/mol. The number of rotatable bonds is 5. The van der Waals surface area contributed by atoms with Crippen molar-refractivity contribution in [3.8, 4) is 5.75 Å². The first-order chi connectivity index (χ1) is 10.7. The summed E-state index contributed by atoms with van der Waals surface area (Å²) >= 11 is 0. The molecule has 0 heterocycles. The molecule has 0 spiro atoms. The van der Waals surface area contributed by atoms with Gasteiger partial charge in [0, 0.05) is 12.1 Å². The molecule has 0 aliphatic carbocycles. The summed E-state index contributed by atoms with van der Waals surface area (Å²) in [6, 6.07) is 15.5. The highest BCUT2D eigenvalue weighted by atomic mass is 29.3. The van der Waals surface area contributed by atoms with Gasteiger partial charge in [0.05, 0.1) is 27.2 Å². The normalized spacial score (nSPS) is 12.0. The molecule has 0 aliphatic rings. The van der Waals surface area contributed by atoms with Gasteiger partial charge in [0.25, 0.3) is 5.69 Å². The highest BCUT2D eigenvalue weighted by Gasteiger charge is 2.43. The number of nitro benzene ring substituents is 1. The lowest BCUT2D eigenvalue weighted by Gasteiger charge is -2.39. The van der Waals surface area contributed by atoms with Gasteiger partial charge in [0.2, 0.25) is 0 Å². The van der Waals surface area contributed by atoms with Crippen LogP contribution in [0.5, 0.6) is 5.75 Å². The monoisotopic (exact) mass is 345 g/mol. The third kappa shape index (κ3) is 3.23. The second-order valence-corrected chi connectivity index (χ2v) is 21.9. The van der Waals surface area contributed by atoms with E-state index in [2.05, 4.69) is 38.3 Å². The highest BCUT2D eigenvalue weighted by molar-refractivity contribution is 7.49. The zero-order valence-corrected chi connectivity index (χ0v) is 16.3. The van der Waals surface area contributed by atoms with Crippen LogP contribution < -0.4 is 15.1 Å². The van der Waals surface area contributed by atoms with Crippen LogP contribution in [0.15, 0.2) is 48.5 Å². The van der Waals surface area contributed by atoms with Crippen LogP contribution in [-0.4, -0.2) is 27.2 Å². The van der Waals surface area contributed by atoms with Crippen LogP contribution in [0.4, 0.5) is 5.69 Å². The molecule has 2 aromatic rings. The number of hydrogen-bond acceptors (Lipinski definition) is 3. The Morgan fingerprint density at radius 3 is 1.57 bits per heavy atom. The van der Waals surface area contributed by atoms with E-state index >= 15 is 0 Å². The van der Waals surface area contributed by atoms with Gasteiger partial charge < -0.3 is 4.74 Å². The third-order valence-corrected chi connectivity index (χ3v) is 23.0. The van der Waals surface area contributed by atoms with Crippen molar-refractivity contribution in [3.05, 3.63) is 58.6 Å². The Hall–Kier alpha value is -1.93. The molecule has 0 N–H and O–H groups in total. The van der Waals surface area contributed by atoms with Crippen LogP contribution in [0.2, 0.25) is 26.2 Å². The minimum atomic E-state index is -1.76. The molecular formula is C17H23NO3Si2. The fourth-order valence-electron chi connectivity index (χ4n) is 2.73. The zero-order valence-electron chi connectivity index (χ0n) is 14.3. The average Bonchev–Trinajstić information content (AvgIpc) is 2.54. The Bertz CT molecular complexity index is 695. The number of benzene rings is 2. The zero-order chi connectivity index (χ0) is 17.3. The van der Waals surface area contributed by atoms with Gasteiger partial charge in [-0.25, -0.2) is 0 Å². The Balaban J connectivity index is 2.40. The van der Waals surface area contributed by atoms with E-state index in [0.717, 1.165) is 5.75 Å². The van der Waals surface area contributed by atoms with E-state index in [9.17, 15) is 10.1 Å². The summed E-state index contributed by atoms with van der Waals surface area (Å²) in [4.78, 5) is 10.5. The van der Waals surface area contributed by atoms with E-state index in [1.807, 2.05) is 24.3 Å². The van der Waals surface area contributed by atoms with Crippen molar-refractivity contribution >= 4 is 31.2 Å². The molecule has 0 saturated carbocycles. The second-order valence-electron chi connectivity index (χ2n) is 6.78.